The van der Waals surface area contributed by atoms with Crippen LogP contribution in [0.2, 0.25) is 5.02 Å². The molecule has 0 aliphatic carbocycles. The van der Waals surface area contributed by atoms with E-state index in [4.69, 9.17) is 16.1 Å². The van der Waals surface area contributed by atoms with Gasteiger partial charge < -0.3 is 9.42 Å². The third kappa shape index (κ3) is 5.84. The van der Waals surface area contributed by atoms with Gasteiger partial charge in [0.05, 0.1) is 0 Å². The molecule has 2 rings (SSSR count). The van der Waals surface area contributed by atoms with Gasteiger partial charge >= 0.3 is 0 Å². The summed E-state index contributed by atoms with van der Waals surface area (Å²) >= 11 is 5.91. The highest BCUT2D eigenvalue weighted by molar-refractivity contribution is 6.30. The van der Waals surface area contributed by atoms with E-state index in [-0.39, 0.29) is 17.4 Å². The van der Waals surface area contributed by atoms with Crippen LogP contribution in [0.5, 0.6) is 0 Å². The van der Waals surface area contributed by atoms with Gasteiger partial charge in [-0.3, -0.25) is 4.79 Å². The van der Waals surface area contributed by atoms with Crippen LogP contribution >= 0.6 is 11.6 Å². The molecule has 6 heteroatoms. The number of halogens is 1. The summed E-state index contributed by atoms with van der Waals surface area (Å²) in [7, 11) is 0. The summed E-state index contributed by atoms with van der Waals surface area (Å²) in [6.45, 7) is 11.0. The van der Waals surface area contributed by atoms with Gasteiger partial charge in [0.25, 0.3) is 0 Å². The minimum Gasteiger partial charge on any atom is -0.339 e. The van der Waals surface area contributed by atoms with Gasteiger partial charge in [0.1, 0.15) is 0 Å². The number of benzene rings is 1. The van der Waals surface area contributed by atoms with Crippen LogP contribution < -0.4 is 0 Å². The zero-order valence-electron chi connectivity index (χ0n) is 16.3. The molecule has 0 N–H and O–H groups in total. The first-order chi connectivity index (χ1) is 12.2. The molecule has 0 spiro atoms. The third-order valence-corrected chi connectivity index (χ3v) is 4.51. The largest absolute Gasteiger partial charge is 0.339 e. The predicted octanol–water partition coefficient (Wildman–Crippen LogP) is 5.00. The molecule has 0 bridgehead atoms. The van der Waals surface area contributed by atoms with E-state index in [1.54, 1.807) is 12.1 Å². The summed E-state index contributed by atoms with van der Waals surface area (Å²) in [6, 6.07) is 7.49. The lowest BCUT2D eigenvalue weighted by molar-refractivity contribution is -0.135. The maximum atomic E-state index is 12.7. The van der Waals surface area contributed by atoms with Gasteiger partial charge in [0.2, 0.25) is 17.6 Å². The number of rotatable bonds is 7. The summed E-state index contributed by atoms with van der Waals surface area (Å²) in [5, 5.41) is 4.70. The minimum atomic E-state index is -0.0327. The van der Waals surface area contributed by atoms with Crippen LogP contribution in [0.1, 0.15) is 53.4 Å². The molecule has 0 saturated carbocycles. The van der Waals surface area contributed by atoms with Crippen LogP contribution in [-0.4, -0.2) is 33.5 Å². The number of carbonyl (C=O) groups is 1. The molecule has 1 unspecified atom stereocenters. The van der Waals surface area contributed by atoms with Crippen molar-refractivity contribution in [3.63, 3.8) is 0 Å². The van der Waals surface area contributed by atoms with E-state index < -0.39 is 0 Å². The van der Waals surface area contributed by atoms with E-state index >= 15 is 0 Å². The van der Waals surface area contributed by atoms with Gasteiger partial charge in [-0.1, -0.05) is 44.5 Å². The molecule has 0 aliphatic rings. The molecule has 1 aromatic heterocycles. The third-order valence-electron chi connectivity index (χ3n) is 4.26. The van der Waals surface area contributed by atoms with Crippen LogP contribution in [-0.2, 0) is 11.2 Å². The Kier molecular flexibility index (Phi) is 6.81. The minimum absolute atomic E-state index is 0.0327. The Bertz CT molecular complexity index is 719. The Labute approximate surface area is 160 Å². The zero-order valence-corrected chi connectivity index (χ0v) is 17.0. The molecule has 2 aromatic rings. The fourth-order valence-corrected chi connectivity index (χ4v) is 2.78. The molecule has 0 saturated heterocycles. The topological polar surface area (TPSA) is 59.2 Å². The maximum absolute atomic E-state index is 12.7. The Morgan fingerprint density at radius 2 is 1.92 bits per heavy atom. The Balaban J connectivity index is 2.04. The SMILES string of the molecule is CCC(C)N(CCc1nc(-c2ccc(Cl)cc2)no1)C(=O)CC(C)(C)C. The van der Waals surface area contributed by atoms with Gasteiger partial charge in [-0.2, -0.15) is 4.98 Å². The summed E-state index contributed by atoms with van der Waals surface area (Å²) in [4.78, 5) is 19.1. The lowest BCUT2D eigenvalue weighted by Crippen LogP contribution is -2.41. The molecule has 5 nitrogen and oxygen atoms in total. The number of hydrogen-bond donors (Lipinski definition) is 0. The van der Waals surface area contributed by atoms with Crippen LogP contribution in [0.4, 0.5) is 0 Å². The molecule has 0 fully saturated rings. The van der Waals surface area contributed by atoms with E-state index in [2.05, 4.69) is 44.8 Å². The highest BCUT2D eigenvalue weighted by Crippen LogP contribution is 2.22. The van der Waals surface area contributed by atoms with E-state index in [1.807, 2.05) is 17.0 Å². The van der Waals surface area contributed by atoms with Crippen LogP contribution in [0.15, 0.2) is 28.8 Å². The normalized spacial score (nSPS) is 12.8. The van der Waals surface area contributed by atoms with Crippen molar-refractivity contribution < 1.29 is 9.32 Å². The van der Waals surface area contributed by atoms with Gasteiger partial charge in [-0.25, -0.2) is 0 Å². The molecule has 26 heavy (non-hydrogen) atoms. The molecule has 1 atom stereocenters. The van der Waals surface area contributed by atoms with Crippen LogP contribution in [0.25, 0.3) is 11.4 Å². The number of aromatic nitrogens is 2. The van der Waals surface area contributed by atoms with Gasteiger partial charge in [-0.15, -0.1) is 0 Å². The standard InChI is InChI=1S/C20H28ClN3O2/c1-6-14(2)24(18(25)13-20(3,4)5)12-11-17-22-19(23-26-17)15-7-9-16(21)10-8-15/h7-10,14H,6,11-13H2,1-5H3. The number of hydrogen-bond acceptors (Lipinski definition) is 4. The second-order valence-electron chi connectivity index (χ2n) is 7.85. The van der Waals surface area contributed by atoms with Crippen LogP contribution in [0, 0.1) is 5.41 Å². The number of nitrogens with zero attached hydrogens (tertiary/aromatic N) is 3. The molecule has 0 radical (unpaired) electrons. The molecule has 0 aliphatic heterocycles. The van der Waals surface area contributed by atoms with Crippen molar-refractivity contribution in [1.29, 1.82) is 0 Å². The van der Waals surface area contributed by atoms with E-state index in [0.29, 0.717) is 36.1 Å². The summed E-state index contributed by atoms with van der Waals surface area (Å²) in [5.74, 6) is 1.24. The van der Waals surface area contributed by atoms with Crippen molar-refractivity contribution in [3.8, 4) is 11.4 Å². The van der Waals surface area contributed by atoms with Gasteiger partial charge in [-0.05, 0) is 43.0 Å². The number of amides is 1. The van der Waals surface area contributed by atoms with Crippen molar-refractivity contribution >= 4 is 17.5 Å². The fraction of sp³-hybridized carbons (Fsp3) is 0.550. The van der Waals surface area contributed by atoms with E-state index in [1.165, 1.54) is 0 Å². The van der Waals surface area contributed by atoms with Crippen LogP contribution in [0.3, 0.4) is 0 Å². The second-order valence-corrected chi connectivity index (χ2v) is 8.29. The van der Waals surface area contributed by atoms with Gasteiger partial charge in [0.15, 0.2) is 0 Å². The molecule has 1 amide bonds. The second kappa shape index (κ2) is 8.67. The lowest BCUT2D eigenvalue weighted by Gasteiger charge is -2.31. The average molecular weight is 378 g/mol. The molecular weight excluding hydrogens is 350 g/mol. The lowest BCUT2D eigenvalue weighted by atomic mass is 9.91. The van der Waals surface area contributed by atoms with Crippen molar-refractivity contribution in [1.82, 2.24) is 15.0 Å². The summed E-state index contributed by atoms with van der Waals surface area (Å²) in [5.41, 5.74) is 0.821. The first-order valence-corrected chi connectivity index (χ1v) is 9.45. The zero-order chi connectivity index (χ0) is 19.3. The Hall–Kier alpha value is -1.88. The van der Waals surface area contributed by atoms with Gasteiger partial charge in [0, 0.05) is 36.0 Å². The van der Waals surface area contributed by atoms with Crippen molar-refractivity contribution in [2.24, 2.45) is 5.41 Å². The van der Waals surface area contributed by atoms with Crippen molar-refractivity contribution in [2.45, 2.75) is 59.9 Å². The highest BCUT2D eigenvalue weighted by atomic mass is 35.5. The molecular formula is C20H28ClN3O2. The van der Waals surface area contributed by atoms with Crippen molar-refractivity contribution in [3.05, 3.63) is 35.2 Å². The average Bonchev–Trinajstić information content (AvgIpc) is 3.02. The van der Waals surface area contributed by atoms with E-state index in [9.17, 15) is 4.79 Å². The first kappa shape index (κ1) is 20.4. The monoisotopic (exact) mass is 377 g/mol. The molecule has 142 valence electrons. The number of carbonyl (C=O) groups excluding carboxylic acids is 1. The first-order valence-electron chi connectivity index (χ1n) is 9.07. The Morgan fingerprint density at radius 1 is 1.27 bits per heavy atom. The highest BCUT2D eigenvalue weighted by Gasteiger charge is 2.24. The molecule has 1 heterocycles. The van der Waals surface area contributed by atoms with E-state index in [0.717, 1.165) is 12.0 Å². The summed E-state index contributed by atoms with van der Waals surface area (Å²) < 4.78 is 5.36. The Morgan fingerprint density at radius 3 is 2.50 bits per heavy atom. The fourth-order valence-electron chi connectivity index (χ4n) is 2.66. The predicted molar refractivity (Wildman–Crippen MR) is 104 cm³/mol. The van der Waals surface area contributed by atoms with Crippen molar-refractivity contribution in [2.75, 3.05) is 6.54 Å². The smallest absolute Gasteiger partial charge is 0.228 e. The quantitative estimate of drug-likeness (QED) is 0.681. The molecule has 1 aromatic carbocycles. The summed E-state index contributed by atoms with van der Waals surface area (Å²) in [6.07, 6.45) is 1.98. The maximum Gasteiger partial charge on any atom is 0.228 e.